The van der Waals surface area contributed by atoms with E-state index < -0.39 is 6.10 Å². The first-order valence-corrected chi connectivity index (χ1v) is 10.4. The predicted octanol–water partition coefficient (Wildman–Crippen LogP) is 4.53. The number of ether oxygens (including phenoxy) is 1. The van der Waals surface area contributed by atoms with Gasteiger partial charge in [-0.05, 0) is 61.9 Å². The minimum absolute atomic E-state index is 0.0310. The quantitative estimate of drug-likeness (QED) is 0.783. The zero-order valence-electron chi connectivity index (χ0n) is 17.5. The van der Waals surface area contributed by atoms with Gasteiger partial charge in [-0.3, -0.25) is 9.59 Å². The van der Waals surface area contributed by atoms with Gasteiger partial charge in [0.1, 0.15) is 5.75 Å². The smallest absolute Gasteiger partial charge is 0.265 e. The Labute approximate surface area is 173 Å². The Morgan fingerprint density at radius 1 is 1.10 bits per heavy atom. The van der Waals surface area contributed by atoms with E-state index in [1.165, 1.54) is 5.56 Å². The van der Waals surface area contributed by atoms with E-state index in [-0.39, 0.29) is 11.8 Å². The Balaban J connectivity index is 1.66. The molecule has 2 aromatic carbocycles. The Bertz CT molecular complexity index is 839. The van der Waals surface area contributed by atoms with E-state index in [0.717, 1.165) is 32.4 Å². The van der Waals surface area contributed by atoms with Gasteiger partial charge in [-0.2, -0.15) is 0 Å². The number of para-hydroxylation sites is 1. The molecule has 3 rings (SSSR count). The van der Waals surface area contributed by atoms with Crippen molar-refractivity contribution in [1.29, 1.82) is 0 Å². The van der Waals surface area contributed by atoms with Crippen LogP contribution in [-0.4, -0.2) is 35.9 Å². The molecule has 0 aliphatic carbocycles. The fraction of sp³-hybridized carbons (Fsp3) is 0.417. The summed E-state index contributed by atoms with van der Waals surface area (Å²) in [4.78, 5) is 27.5. The van der Waals surface area contributed by atoms with Crippen LogP contribution in [0.1, 0.15) is 49.5 Å². The van der Waals surface area contributed by atoms with Gasteiger partial charge in [0.2, 0.25) is 0 Å². The molecule has 2 aromatic rings. The number of rotatable bonds is 6. The van der Waals surface area contributed by atoms with Gasteiger partial charge in [0.05, 0.1) is 11.3 Å². The molecule has 1 N–H and O–H groups in total. The molecule has 1 aliphatic rings. The van der Waals surface area contributed by atoms with E-state index in [0.29, 0.717) is 22.9 Å². The molecule has 0 aromatic heterocycles. The average molecular weight is 395 g/mol. The van der Waals surface area contributed by atoms with Crippen molar-refractivity contribution < 1.29 is 14.3 Å². The van der Waals surface area contributed by atoms with E-state index in [2.05, 4.69) is 19.2 Å². The number of nitrogens with one attached hydrogen (secondary N) is 1. The fourth-order valence-electron chi connectivity index (χ4n) is 3.46. The van der Waals surface area contributed by atoms with Crippen molar-refractivity contribution in [3.63, 3.8) is 0 Å². The largest absolute Gasteiger partial charge is 0.481 e. The van der Waals surface area contributed by atoms with Crippen LogP contribution in [0.3, 0.4) is 0 Å². The summed E-state index contributed by atoms with van der Waals surface area (Å²) in [6, 6.07) is 14.9. The highest BCUT2D eigenvalue weighted by Crippen LogP contribution is 2.23. The van der Waals surface area contributed by atoms with Crippen molar-refractivity contribution in [1.82, 2.24) is 4.90 Å². The highest BCUT2D eigenvalue weighted by Gasteiger charge is 2.24. The number of hydrogen-bond donors (Lipinski definition) is 1. The Kier molecular flexibility index (Phi) is 6.91. The Morgan fingerprint density at radius 2 is 1.76 bits per heavy atom. The Morgan fingerprint density at radius 3 is 2.41 bits per heavy atom. The van der Waals surface area contributed by atoms with Crippen LogP contribution in [0.5, 0.6) is 5.75 Å². The second kappa shape index (κ2) is 9.59. The van der Waals surface area contributed by atoms with E-state index in [1.807, 2.05) is 41.3 Å². The minimum atomic E-state index is -0.679. The van der Waals surface area contributed by atoms with Crippen molar-refractivity contribution in [2.24, 2.45) is 5.92 Å². The van der Waals surface area contributed by atoms with Crippen molar-refractivity contribution in [2.75, 3.05) is 18.4 Å². The molecule has 5 nitrogen and oxygen atoms in total. The van der Waals surface area contributed by atoms with Gasteiger partial charge in [0.25, 0.3) is 11.8 Å². The molecule has 1 unspecified atom stereocenters. The fourth-order valence-corrected chi connectivity index (χ4v) is 3.46. The number of amides is 2. The van der Waals surface area contributed by atoms with Crippen molar-refractivity contribution in [2.45, 2.75) is 46.1 Å². The second-order valence-corrected chi connectivity index (χ2v) is 7.77. The van der Waals surface area contributed by atoms with Crippen molar-refractivity contribution in [3.05, 3.63) is 59.7 Å². The maximum Gasteiger partial charge on any atom is 0.265 e. The van der Waals surface area contributed by atoms with Crippen molar-refractivity contribution >= 4 is 17.5 Å². The van der Waals surface area contributed by atoms with Crippen LogP contribution in [0, 0.1) is 5.92 Å². The summed E-state index contributed by atoms with van der Waals surface area (Å²) in [6.07, 6.45) is 2.31. The van der Waals surface area contributed by atoms with Gasteiger partial charge in [0, 0.05) is 13.1 Å². The number of carbonyl (C=O) groups excluding carboxylic acids is 2. The summed E-state index contributed by atoms with van der Waals surface area (Å²) < 4.78 is 5.77. The molecular weight excluding hydrogens is 364 g/mol. The first-order chi connectivity index (χ1) is 14.0. The zero-order chi connectivity index (χ0) is 20.8. The molecule has 1 atom stereocenters. The minimum Gasteiger partial charge on any atom is -0.481 e. The van der Waals surface area contributed by atoms with Crippen LogP contribution in [0.15, 0.2) is 48.5 Å². The maximum absolute atomic E-state index is 13.0. The van der Waals surface area contributed by atoms with Gasteiger partial charge >= 0.3 is 0 Å². The third-order valence-electron chi connectivity index (χ3n) is 5.50. The summed E-state index contributed by atoms with van der Waals surface area (Å²) in [6.45, 7) is 7.53. The maximum atomic E-state index is 13.0. The number of aryl methyl sites for hydroxylation is 1. The molecule has 1 aliphatic heterocycles. The van der Waals surface area contributed by atoms with Gasteiger partial charge in [-0.15, -0.1) is 0 Å². The first-order valence-electron chi connectivity index (χ1n) is 10.4. The lowest BCUT2D eigenvalue weighted by molar-refractivity contribution is -0.122. The number of nitrogens with zero attached hydrogens (tertiary/aromatic N) is 1. The molecule has 0 saturated carbocycles. The average Bonchev–Trinajstić information content (AvgIpc) is 2.74. The summed E-state index contributed by atoms with van der Waals surface area (Å²) in [5, 5.41) is 2.87. The predicted molar refractivity (Wildman–Crippen MR) is 115 cm³/mol. The van der Waals surface area contributed by atoms with Crippen molar-refractivity contribution in [3.8, 4) is 5.75 Å². The van der Waals surface area contributed by atoms with Crippen LogP contribution in [0.25, 0.3) is 0 Å². The molecule has 0 bridgehead atoms. The third kappa shape index (κ3) is 5.37. The van der Waals surface area contributed by atoms with E-state index >= 15 is 0 Å². The topological polar surface area (TPSA) is 58.6 Å². The second-order valence-electron chi connectivity index (χ2n) is 7.77. The molecule has 2 amide bonds. The van der Waals surface area contributed by atoms with E-state index in [4.69, 9.17) is 4.74 Å². The summed E-state index contributed by atoms with van der Waals surface area (Å²) in [5.41, 5.74) is 2.27. The molecule has 154 valence electrons. The van der Waals surface area contributed by atoms with Crippen LogP contribution in [-0.2, 0) is 11.2 Å². The standard InChI is InChI=1S/C24H30N2O3/c1-4-19-9-11-20(12-10-19)29-18(3)23(27)25-22-8-6-5-7-21(22)24(28)26-15-13-17(2)14-16-26/h5-12,17-18H,4,13-16H2,1-3H3,(H,25,27). The molecule has 1 saturated heterocycles. The normalized spacial score (nSPS) is 15.6. The lowest BCUT2D eigenvalue weighted by Gasteiger charge is -2.31. The lowest BCUT2D eigenvalue weighted by atomic mass is 9.98. The summed E-state index contributed by atoms with van der Waals surface area (Å²) in [7, 11) is 0. The highest BCUT2D eigenvalue weighted by atomic mass is 16.5. The van der Waals surface area contributed by atoms with Crippen LogP contribution < -0.4 is 10.1 Å². The first kappa shape index (κ1) is 20.9. The van der Waals surface area contributed by atoms with Gasteiger partial charge in [-0.25, -0.2) is 0 Å². The summed E-state index contributed by atoms with van der Waals surface area (Å²) >= 11 is 0. The molecular formula is C24H30N2O3. The number of hydrogen-bond acceptors (Lipinski definition) is 3. The molecule has 0 radical (unpaired) electrons. The molecule has 1 fully saturated rings. The number of anilines is 1. The third-order valence-corrected chi connectivity index (χ3v) is 5.50. The monoisotopic (exact) mass is 394 g/mol. The van der Waals surface area contributed by atoms with Crippen LogP contribution >= 0.6 is 0 Å². The molecule has 5 heteroatoms. The van der Waals surface area contributed by atoms with Crippen LogP contribution in [0.4, 0.5) is 5.69 Å². The zero-order valence-corrected chi connectivity index (χ0v) is 17.5. The van der Waals surface area contributed by atoms with Gasteiger partial charge < -0.3 is 15.0 Å². The number of carbonyl (C=O) groups is 2. The molecule has 1 heterocycles. The molecule has 29 heavy (non-hydrogen) atoms. The van der Waals surface area contributed by atoms with Gasteiger partial charge in [-0.1, -0.05) is 38.1 Å². The number of benzene rings is 2. The van der Waals surface area contributed by atoms with E-state index in [1.54, 1.807) is 19.1 Å². The number of piperidine rings is 1. The highest BCUT2D eigenvalue weighted by molar-refractivity contribution is 6.04. The number of likely N-dealkylation sites (tertiary alicyclic amines) is 1. The molecule has 0 spiro atoms. The van der Waals surface area contributed by atoms with Crippen LogP contribution in [0.2, 0.25) is 0 Å². The Hall–Kier alpha value is -2.82. The van der Waals surface area contributed by atoms with Gasteiger partial charge in [0.15, 0.2) is 6.10 Å². The lowest BCUT2D eigenvalue weighted by Crippen LogP contribution is -2.38. The summed E-state index contributed by atoms with van der Waals surface area (Å²) in [5.74, 6) is 0.989. The SMILES string of the molecule is CCc1ccc(OC(C)C(=O)Nc2ccccc2C(=O)N2CCC(C)CC2)cc1. The van der Waals surface area contributed by atoms with E-state index in [9.17, 15) is 9.59 Å².